The highest BCUT2D eigenvalue weighted by atomic mass is 16.4. The molecule has 0 aromatic carbocycles. The summed E-state index contributed by atoms with van der Waals surface area (Å²) in [6, 6.07) is 0. The number of carboxylic acid groups (broad SMARTS) is 1. The van der Waals surface area contributed by atoms with Crippen molar-refractivity contribution in [1.29, 1.82) is 0 Å². The van der Waals surface area contributed by atoms with Gasteiger partial charge in [-0.15, -0.1) is 0 Å². The van der Waals surface area contributed by atoms with Gasteiger partial charge in [0.2, 0.25) is 0 Å². The molecule has 0 aliphatic rings. The molecule has 260 valence electrons. The van der Waals surface area contributed by atoms with Gasteiger partial charge in [-0.3, -0.25) is 9.59 Å². The highest BCUT2D eigenvalue weighted by Crippen LogP contribution is 2.25. The van der Waals surface area contributed by atoms with Crippen LogP contribution in [0, 0.1) is 11.8 Å². The number of ketones is 1. The van der Waals surface area contributed by atoms with Crippen LogP contribution in [-0.4, -0.2) is 39.8 Å². The molecule has 0 saturated carbocycles. The van der Waals surface area contributed by atoms with Gasteiger partial charge in [-0.1, -0.05) is 167 Å². The number of hydrogen-bond acceptors (Lipinski definition) is 4. The summed E-state index contributed by atoms with van der Waals surface area (Å²) in [6.45, 7) is 4.11. The first-order chi connectivity index (χ1) is 21.5. The Kier molecular flexibility index (Phi) is 32.3. The molecule has 5 heteroatoms. The number of aliphatic hydroxyl groups excluding tert-OH is 2. The molecule has 0 radical (unpaired) electrons. The lowest BCUT2D eigenvalue weighted by atomic mass is 9.82. The van der Waals surface area contributed by atoms with Gasteiger partial charge in [-0.2, -0.15) is 0 Å². The SMILES string of the molecule is CCCCCCCCC=CCCCCCCC(CC(O)CO)C(=O)C(CCCCCCCCCCCCCCCC)C(=O)O. The second-order valence-electron chi connectivity index (χ2n) is 13.5. The Balaban J connectivity index is 4.20. The Labute approximate surface area is 273 Å². The first-order valence-electron chi connectivity index (χ1n) is 19.2. The van der Waals surface area contributed by atoms with Gasteiger partial charge in [0.25, 0.3) is 0 Å². The summed E-state index contributed by atoms with van der Waals surface area (Å²) in [6.07, 6.45) is 36.4. The van der Waals surface area contributed by atoms with Gasteiger partial charge in [-0.05, 0) is 44.9 Å². The smallest absolute Gasteiger partial charge is 0.314 e. The maximum atomic E-state index is 13.3. The summed E-state index contributed by atoms with van der Waals surface area (Å²) >= 11 is 0. The van der Waals surface area contributed by atoms with Crippen LogP contribution >= 0.6 is 0 Å². The molecule has 0 heterocycles. The molecule has 0 amide bonds. The van der Waals surface area contributed by atoms with Crippen LogP contribution in [0.25, 0.3) is 0 Å². The molecule has 44 heavy (non-hydrogen) atoms. The normalized spacial score (nSPS) is 13.8. The van der Waals surface area contributed by atoms with E-state index in [1.54, 1.807) is 0 Å². The number of carbonyl (C=O) groups is 2. The lowest BCUT2D eigenvalue weighted by Crippen LogP contribution is -2.32. The van der Waals surface area contributed by atoms with Crippen LogP contribution in [0.3, 0.4) is 0 Å². The van der Waals surface area contributed by atoms with E-state index in [0.29, 0.717) is 12.8 Å². The molecule has 3 N–H and O–H groups in total. The second kappa shape index (κ2) is 33.2. The first-order valence-corrected chi connectivity index (χ1v) is 19.2. The number of rotatable bonds is 35. The van der Waals surface area contributed by atoms with E-state index in [1.165, 1.54) is 116 Å². The van der Waals surface area contributed by atoms with E-state index in [1.807, 2.05) is 0 Å². The number of carboxylic acids is 1. The molecular formula is C39H74O5. The molecule has 3 atom stereocenters. The maximum absolute atomic E-state index is 13.3. The van der Waals surface area contributed by atoms with Crippen molar-refractivity contribution >= 4 is 11.8 Å². The molecule has 0 fully saturated rings. The molecular weight excluding hydrogens is 548 g/mol. The number of hydrogen-bond donors (Lipinski definition) is 3. The van der Waals surface area contributed by atoms with Gasteiger partial charge in [0.05, 0.1) is 12.7 Å². The number of aliphatic hydroxyl groups is 2. The van der Waals surface area contributed by atoms with Crippen LogP contribution in [0.15, 0.2) is 12.2 Å². The molecule has 0 bridgehead atoms. The molecule has 0 aromatic heterocycles. The van der Waals surface area contributed by atoms with Crippen molar-refractivity contribution in [3.8, 4) is 0 Å². The fourth-order valence-corrected chi connectivity index (χ4v) is 6.28. The van der Waals surface area contributed by atoms with E-state index in [0.717, 1.165) is 51.4 Å². The minimum absolute atomic E-state index is 0.152. The zero-order chi connectivity index (χ0) is 32.5. The third kappa shape index (κ3) is 27.1. The Morgan fingerprint density at radius 2 is 0.909 bits per heavy atom. The topological polar surface area (TPSA) is 94.8 Å². The molecule has 3 unspecified atom stereocenters. The number of aliphatic carboxylic acids is 1. The monoisotopic (exact) mass is 623 g/mol. The van der Waals surface area contributed by atoms with E-state index in [9.17, 15) is 24.9 Å². The fraction of sp³-hybridized carbons (Fsp3) is 0.897. The van der Waals surface area contributed by atoms with Gasteiger partial charge in [0, 0.05) is 5.92 Å². The average Bonchev–Trinajstić information content (AvgIpc) is 3.01. The van der Waals surface area contributed by atoms with E-state index in [4.69, 9.17) is 0 Å². The Morgan fingerprint density at radius 1 is 0.545 bits per heavy atom. The van der Waals surface area contributed by atoms with Crippen molar-refractivity contribution in [3.05, 3.63) is 12.2 Å². The quantitative estimate of drug-likeness (QED) is 0.0371. The van der Waals surface area contributed by atoms with Crippen molar-refractivity contribution < 1.29 is 24.9 Å². The van der Waals surface area contributed by atoms with Crippen molar-refractivity contribution in [2.24, 2.45) is 11.8 Å². The standard InChI is InChI=1S/C39H74O5/c1-3-5-7-9-11-13-15-17-19-21-23-25-27-29-31-35(33-36(41)34-40)38(42)37(39(43)44)32-30-28-26-24-22-20-18-16-14-12-10-8-6-4-2/h17,19,35-37,40-41H,3-16,18,20-34H2,1-2H3,(H,43,44). The number of allylic oxidation sites excluding steroid dienone is 2. The number of Topliss-reactive ketones (excluding diaryl/α,β-unsaturated/α-hetero) is 1. The van der Waals surface area contributed by atoms with Crippen molar-refractivity contribution in [2.45, 2.75) is 206 Å². The predicted molar refractivity (Wildman–Crippen MR) is 187 cm³/mol. The van der Waals surface area contributed by atoms with Crippen LogP contribution in [0.5, 0.6) is 0 Å². The highest BCUT2D eigenvalue weighted by molar-refractivity contribution is 5.99. The van der Waals surface area contributed by atoms with Gasteiger partial charge < -0.3 is 15.3 Å². The van der Waals surface area contributed by atoms with Crippen LogP contribution in [0.2, 0.25) is 0 Å². The van der Waals surface area contributed by atoms with E-state index >= 15 is 0 Å². The van der Waals surface area contributed by atoms with Gasteiger partial charge in [0.1, 0.15) is 11.7 Å². The van der Waals surface area contributed by atoms with E-state index in [-0.39, 0.29) is 12.2 Å². The summed E-state index contributed by atoms with van der Waals surface area (Å²) in [5, 5.41) is 29.3. The lowest BCUT2D eigenvalue weighted by molar-refractivity contribution is -0.148. The minimum atomic E-state index is -1.04. The van der Waals surface area contributed by atoms with Crippen LogP contribution in [-0.2, 0) is 9.59 Å². The Bertz CT molecular complexity index is 661. The molecule has 0 aromatic rings. The molecule has 0 aliphatic carbocycles. The average molecular weight is 623 g/mol. The van der Waals surface area contributed by atoms with E-state index < -0.39 is 30.5 Å². The maximum Gasteiger partial charge on any atom is 0.314 e. The summed E-state index contributed by atoms with van der Waals surface area (Å²) in [5.74, 6) is -2.79. The van der Waals surface area contributed by atoms with Crippen molar-refractivity contribution in [1.82, 2.24) is 0 Å². The molecule has 0 spiro atoms. The largest absolute Gasteiger partial charge is 0.481 e. The Hall–Kier alpha value is -1.20. The minimum Gasteiger partial charge on any atom is -0.481 e. The van der Waals surface area contributed by atoms with Crippen LogP contribution in [0.4, 0.5) is 0 Å². The van der Waals surface area contributed by atoms with Gasteiger partial charge in [0.15, 0.2) is 0 Å². The zero-order valence-electron chi connectivity index (χ0n) is 29.3. The predicted octanol–water partition coefficient (Wildman–Crippen LogP) is 11.1. The van der Waals surface area contributed by atoms with Crippen LogP contribution < -0.4 is 0 Å². The third-order valence-corrected chi connectivity index (χ3v) is 9.22. The third-order valence-electron chi connectivity index (χ3n) is 9.22. The fourth-order valence-electron chi connectivity index (χ4n) is 6.28. The zero-order valence-corrected chi connectivity index (χ0v) is 29.3. The highest BCUT2D eigenvalue weighted by Gasteiger charge is 2.32. The molecule has 0 saturated heterocycles. The van der Waals surface area contributed by atoms with E-state index in [2.05, 4.69) is 26.0 Å². The summed E-state index contributed by atoms with van der Waals surface area (Å²) in [4.78, 5) is 25.3. The second-order valence-corrected chi connectivity index (χ2v) is 13.5. The molecule has 0 aliphatic heterocycles. The van der Waals surface area contributed by atoms with Crippen molar-refractivity contribution in [3.63, 3.8) is 0 Å². The van der Waals surface area contributed by atoms with Gasteiger partial charge >= 0.3 is 5.97 Å². The summed E-state index contributed by atoms with van der Waals surface area (Å²) < 4.78 is 0. The summed E-state index contributed by atoms with van der Waals surface area (Å²) in [5.41, 5.74) is 0. The van der Waals surface area contributed by atoms with Crippen LogP contribution in [0.1, 0.15) is 200 Å². The summed E-state index contributed by atoms with van der Waals surface area (Å²) in [7, 11) is 0. The molecule has 5 nitrogen and oxygen atoms in total. The molecule has 0 rings (SSSR count). The van der Waals surface area contributed by atoms with Gasteiger partial charge in [-0.25, -0.2) is 0 Å². The number of carbonyl (C=O) groups excluding carboxylic acids is 1. The lowest BCUT2D eigenvalue weighted by Gasteiger charge is -2.22. The Morgan fingerprint density at radius 3 is 1.30 bits per heavy atom. The van der Waals surface area contributed by atoms with Crippen molar-refractivity contribution in [2.75, 3.05) is 6.61 Å². The number of unbranched alkanes of at least 4 members (excludes halogenated alkanes) is 23. The first kappa shape index (κ1) is 42.8.